The van der Waals surface area contributed by atoms with Crippen molar-refractivity contribution in [3.8, 4) is 11.5 Å². The van der Waals surface area contributed by atoms with Gasteiger partial charge in [0, 0.05) is 10.4 Å². The molecular formula is C16H20ClNO2S. The van der Waals surface area contributed by atoms with Gasteiger partial charge in [-0.1, -0.05) is 24.6 Å². The van der Waals surface area contributed by atoms with Crippen molar-refractivity contribution >= 4 is 22.9 Å². The molecule has 1 aromatic heterocycles. The lowest BCUT2D eigenvalue weighted by Crippen LogP contribution is -2.23. The number of ether oxygens (including phenoxy) is 2. The highest BCUT2D eigenvalue weighted by Gasteiger charge is 2.22. The SMILES string of the molecule is CCCNC(c1cccs1)c1ccc(OC)c(Cl)c1OC. The fraction of sp³-hybridized carbons (Fsp3) is 0.375. The highest BCUT2D eigenvalue weighted by atomic mass is 35.5. The summed E-state index contributed by atoms with van der Waals surface area (Å²) in [6, 6.07) is 8.14. The van der Waals surface area contributed by atoms with Crippen LogP contribution in [0.15, 0.2) is 29.6 Å². The van der Waals surface area contributed by atoms with Crippen molar-refractivity contribution in [1.82, 2.24) is 5.32 Å². The molecule has 1 aromatic carbocycles. The molecule has 0 spiro atoms. The average molecular weight is 326 g/mol. The molecule has 0 bridgehead atoms. The standard InChI is InChI=1S/C16H20ClNO2S/c1-4-9-18-15(13-6-5-10-21-13)11-7-8-12(19-2)14(17)16(11)20-3/h5-8,10,15,18H,4,9H2,1-3H3. The Morgan fingerprint density at radius 3 is 2.62 bits per heavy atom. The van der Waals surface area contributed by atoms with Gasteiger partial charge in [-0.05, 0) is 36.5 Å². The van der Waals surface area contributed by atoms with Crippen LogP contribution in [0.2, 0.25) is 5.02 Å². The summed E-state index contributed by atoms with van der Waals surface area (Å²) in [5, 5.41) is 6.15. The van der Waals surface area contributed by atoms with Gasteiger partial charge in [-0.3, -0.25) is 0 Å². The van der Waals surface area contributed by atoms with Crippen LogP contribution in [-0.4, -0.2) is 20.8 Å². The molecule has 0 fully saturated rings. The molecule has 114 valence electrons. The second-order valence-electron chi connectivity index (χ2n) is 4.61. The van der Waals surface area contributed by atoms with E-state index in [9.17, 15) is 0 Å². The molecule has 0 saturated carbocycles. The highest BCUT2D eigenvalue weighted by Crippen LogP contribution is 2.41. The lowest BCUT2D eigenvalue weighted by atomic mass is 10.0. The Kier molecular flexibility index (Phi) is 5.91. The number of rotatable bonds is 7. The Morgan fingerprint density at radius 2 is 2.05 bits per heavy atom. The molecule has 21 heavy (non-hydrogen) atoms. The zero-order chi connectivity index (χ0) is 15.2. The summed E-state index contributed by atoms with van der Waals surface area (Å²) in [7, 11) is 3.24. The smallest absolute Gasteiger partial charge is 0.146 e. The first-order valence-electron chi connectivity index (χ1n) is 6.90. The van der Waals surface area contributed by atoms with Crippen LogP contribution in [0.5, 0.6) is 11.5 Å². The van der Waals surface area contributed by atoms with E-state index < -0.39 is 0 Å². The third kappa shape index (κ3) is 3.51. The van der Waals surface area contributed by atoms with E-state index in [0.29, 0.717) is 16.5 Å². The summed E-state index contributed by atoms with van der Waals surface area (Å²) in [6.07, 6.45) is 1.06. The van der Waals surface area contributed by atoms with Crippen molar-refractivity contribution in [2.24, 2.45) is 0 Å². The van der Waals surface area contributed by atoms with Crippen LogP contribution in [-0.2, 0) is 0 Å². The van der Waals surface area contributed by atoms with Gasteiger partial charge in [0.05, 0.1) is 20.3 Å². The maximum absolute atomic E-state index is 6.38. The normalized spacial score (nSPS) is 12.2. The number of thiophene rings is 1. The van der Waals surface area contributed by atoms with E-state index in [-0.39, 0.29) is 6.04 Å². The van der Waals surface area contributed by atoms with Gasteiger partial charge >= 0.3 is 0 Å². The molecule has 0 aliphatic rings. The molecule has 0 saturated heterocycles. The van der Waals surface area contributed by atoms with E-state index in [2.05, 4.69) is 29.8 Å². The fourth-order valence-corrected chi connectivity index (χ4v) is 3.40. The Hall–Kier alpha value is -1.23. The van der Waals surface area contributed by atoms with E-state index in [1.165, 1.54) is 4.88 Å². The van der Waals surface area contributed by atoms with Gasteiger partial charge in [0.15, 0.2) is 0 Å². The van der Waals surface area contributed by atoms with Gasteiger partial charge in [0.1, 0.15) is 16.5 Å². The predicted molar refractivity (Wildman–Crippen MR) is 89.0 cm³/mol. The molecular weight excluding hydrogens is 306 g/mol. The lowest BCUT2D eigenvalue weighted by molar-refractivity contribution is 0.388. The van der Waals surface area contributed by atoms with E-state index in [0.717, 1.165) is 18.5 Å². The summed E-state index contributed by atoms with van der Waals surface area (Å²) in [5.41, 5.74) is 1.03. The quantitative estimate of drug-likeness (QED) is 0.812. The van der Waals surface area contributed by atoms with Gasteiger partial charge in [-0.15, -0.1) is 11.3 Å². The molecule has 2 aromatic rings. The van der Waals surface area contributed by atoms with Gasteiger partial charge in [0.25, 0.3) is 0 Å². The minimum absolute atomic E-state index is 0.0725. The summed E-state index contributed by atoms with van der Waals surface area (Å²) in [4.78, 5) is 1.24. The maximum atomic E-state index is 6.38. The van der Waals surface area contributed by atoms with Crippen LogP contribution in [0.3, 0.4) is 0 Å². The van der Waals surface area contributed by atoms with Crippen molar-refractivity contribution in [1.29, 1.82) is 0 Å². The van der Waals surface area contributed by atoms with Crippen LogP contribution >= 0.6 is 22.9 Å². The maximum Gasteiger partial charge on any atom is 0.146 e. The number of hydrogen-bond acceptors (Lipinski definition) is 4. The molecule has 0 aliphatic heterocycles. The van der Waals surface area contributed by atoms with Crippen molar-refractivity contribution in [3.05, 3.63) is 45.1 Å². The molecule has 5 heteroatoms. The summed E-state index contributed by atoms with van der Waals surface area (Å²) >= 11 is 8.10. The van der Waals surface area contributed by atoms with Crippen LogP contribution in [0.25, 0.3) is 0 Å². The largest absolute Gasteiger partial charge is 0.495 e. The molecule has 1 unspecified atom stereocenters. The first-order valence-corrected chi connectivity index (χ1v) is 8.15. The molecule has 1 N–H and O–H groups in total. The molecule has 0 amide bonds. The third-order valence-corrected chi connectivity index (χ3v) is 4.55. The minimum atomic E-state index is 0.0725. The zero-order valence-electron chi connectivity index (χ0n) is 12.5. The molecule has 1 atom stereocenters. The number of halogens is 1. The molecule has 0 radical (unpaired) electrons. The van der Waals surface area contributed by atoms with Gasteiger partial charge in [-0.25, -0.2) is 0 Å². The van der Waals surface area contributed by atoms with Crippen LogP contribution in [0.4, 0.5) is 0 Å². The summed E-state index contributed by atoms with van der Waals surface area (Å²) in [6.45, 7) is 3.08. The van der Waals surface area contributed by atoms with Crippen molar-refractivity contribution in [2.45, 2.75) is 19.4 Å². The number of benzene rings is 1. The van der Waals surface area contributed by atoms with Gasteiger partial charge in [-0.2, -0.15) is 0 Å². The molecule has 0 aliphatic carbocycles. The highest BCUT2D eigenvalue weighted by molar-refractivity contribution is 7.10. The van der Waals surface area contributed by atoms with Crippen LogP contribution in [0, 0.1) is 0 Å². The molecule has 2 rings (SSSR count). The van der Waals surface area contributed by atoms with E-state index >= 15 is 0 Å². The second kappa shape index (κ2) is 7.69. The van der Waals surface area contributed by atoms with E-state index in [1.54, 1.807) is 25.6 Å². The summed E-state index contributed by atoms with van der Waals surface area (Å²) < 4.78 is 10.8. The predicted octanol–water partition coefficient (Wildman–Crippen LogP) is 4.51. The first kappa shape index (κ1) is 16.1. The molecule has 3 nitrogen and oxygen atoms in total. The lowest BCUT2D eigenvalue weighted by Gasteiger charge is -2.21. The Morgan fingerprint density at radius 1 is 1.24 bits per heavy atom. The number of methoxy groups -OCH3 is 2. The minimum Gasteiger partial charge on any atom is -0.495 e. The van der Waals surface area contributed by atoms with Gasteiger partial charge in [0.2, 0.25) is 0 Å². The van der Waals surface area contributed by atoms with Crippen LogP contribution < -0.4 is 14.8 Å². The first-order chi connectivity index (χ1) is 10.2. The fourth-order valence-electron chi connectivity index (χ4n) is 2.25. The monoisotopic (exact) mass is 325 g/mol. The van der Waals surface area contributed by atoms with Crippen LogP contribution in [0.1, 0.15) is 29.8 Å². The van der Waals surface area contributed by atoms with E-state index in [4.69, 9.17) is 21.1 Å². The summed E-state index contributed by atoms with van der Waals surface area (Å²) in [5.74, 6) is 1.29. The molecule has 1 heterocycles. The third-order valence-electron chi connectivity index (χ3n) is 3.25. The van der Waals surface area contributed by atoms with Crippen molar-refractivity contribution in [3.63, 3.8) is 0 Å². The second-order valence-corrected chi connectivity index (χ2v) is 5.96. The van der Waals surface area contributed by atoms with E-state index in [1.807, 2.05) is 12.1 Å². The number of nitrogens with one attached hydrogen (secondary N) is 1. The van der Waals surface area contributed by atoms with Gasteiger partial charge < -0.3 is 14.8 Å². The average Bonchev–Trinajstić information content (AvgIpc) is 3.02. The van der Waals surface area contributed by atoms with Crippen molar-refractivity contribution < 1.29 is 9.47 Å². The topological polar surface area (TPSA) is 30.5 Å². The Bertz CT molecular complexity index is 572. The van der Waals surface area contributed by atoms with Crippen molar-refractivity contribution in [2.75, 3.05) is 20.8 Å². The number of hydrogen-bond donors (Lipinski definition) is 1. The zero-order valence-corrected chi connectivity index (χ0v) is 14.1. The Balaban J connectivity index is 2.46. The Labute approximate surface area is 134 Å².